The molecule has 1 fully saturated rings. The number of carboxylic acids is 1. The van der Waals surface area contributed by atoms with E-state index >= 15 is 0 Å². The topological polar surface area (TPSA) is 104 Å². The Morgan fingerprint density at radius 2 is 1.96 bits per heavy atom. The molecular weight excluding hydrogens is 336 g/mol. The minimum atomic E-state index is -3.29. The number of nitrogens with zero attached hydrogens (tertiary/aromatic N) is 2. The lowest BCUT2D eigenvalue weighted by Gasteiger charge is -2.21. The van der Waals surface area contributed by atoms with Crippen molar-refractivity contribution in [2.45, 2.75) is 13.0 Å². The fourth-order valence-electron chi connectivity index (χ4n) is 2.34. The quantitative estimate of drug-likeness (QED) is 0.745. The first-order valence-corrected chi connectivity index (χ1v) is 9.04. The number of ether oxygens (including phenoxy) is 1. The fourth-order valence-corrected chi connectivity index (χ4v) is 3.81. The highest BCUT2D eigenvalue weighted by atomic mass is 32.2. The average molecular weight is 356 g/mol. The molecule has 1 N–H and O–H groups in total. The fraction of sp³-hybridized carbons (Fsp3) is 0.467. The van der Waals surface area contributed by atoms with E-state index in [-0.39, 0.29) is 18.2 Å². The van der Waals surface area contributed by atoms with E-state index in [9.17, 15) is 18.0 Å². The molecule has 1 aromatic carbocycles. The van der Waals surface area contributed by atoms with Gasteiger partial charge in [-0.25, -0.2) is 13.2 Å². The van der Waals surface area contributed by atoms with E-state index in [1.54, 1.807) is 31.3 Å². The van der Waals surface area contributed by atoms with Crippen molar-refractivity contribution in [1.82, 2.24) is 9.21 Å². The van der Waals surface area contributed by atoms with E-state index in [0.717, 1.165) is 5.56 Å². The highest BCUT2D eigenvalue weighted by molar-refractivity contribution is 7.89. The number of rotatable bonds is 7. The van der Waals surface area contributed by atoms with E-state index in [4.69, 9.17) is 9.84 Å². The average Bonchev–Trinajstić information content (AvgIpc) is 2.85. The van der Waals surface area contributed by atoms with Crippen LogP contribution in [0.25, 0.3) is 0 Å². The van der Waals surface area contributed by atoms with Crippen LogP contribution < -0.4 is 4.74 Å². The number of hydrogen-bond acceptors (Lipinski definition) is 5. The second-order valence-corrected chi connectivity index (χ2v) is 7.67. The number of hydrogen-bond donors (Lipinski definition) is 1. The zero-order chi connectivity index (χ0) is 17.7. The number of carbonyl (C=O) groups is 2. The van der Waals surface area contributed by atoms with Crippen LogP contribution >= 0.6 is 0 Å². The van der Waals surface area contributed by atoms with Gasteiger partial charge in [-0.1, -0.05) is 12.1 Å². The molecule has 9 heteroatoms. The van der Waals surface area contributed by atoms with Gasteiger partial charge in [-0.05, 0) is 24.1 Å². The Kier molecular flexibility index (Phi) is 5.79. The van der Waals surface area contributed by atoms with Gasteiger partial charge in [0.25, 0.3) is 0 Å². The van der Waals surface area contributed by atoms with Gasteiger partial charge in [0.2, 0.25) is 15.9 Å². The Balaban J connectivity index is 1.88. The van der Waals surface area contributed by atoms with Gasteiger partial charge in [-0.2, -0.15) is 4.31 Å². The molecule has 0 radical (unpaired) electrons. The van der Waals surface area contributed by atoms with E-state index < -0.39 is 22.6 Å². The van der Waals surface area contributed by atoms with Gasteiger partial charge >= 0.3 is 5.97 Å². The van der Waals surface area contributed by atoms with Crippen molar-refractivity contribution >= 4 is 21.9 Å². The molecule has 24 heavy (non-hydrogen) atoms. The van der Waals surface area contributed by atoms with E-state index in [1.165, 1.54) is 9.21 Å². The van der Waals surface area contributed by atoms with Crippen molar-refractivity contribution in [2.24, 2.45) is 0 Å². The predicted molar refractivity (Wildman–Crippen MR) is 86.0 cm³/mol. The Hall–Kier alpha value is -2.13. The second-order valence-electron chi connectivity index (χ2n) is 5.58. The molecule has 1 amide bonds. The summed E-state index contributed by atoms with van der Waals surface area (Å²) >= 11 is 0. The van der Waals surface area contributed by atoms with Crippen molar-refractivity contribution in [3.8, 4) is 5.75 Å². The Labute approximate surface area is 140 Å². The molecule has 0 aliphatic carbocycles. The molecule has 0 unspecified atom stereocenters. The smallest absolute Gasteiger partial charge is 0.341 e. The van der Waals surface area contributed by atoms with Crippen LogP contribution in [0.4, 0.5) is 0 Å². The zero-order valence-electron chi connectivity index (χ0n) is 13.3. The summed E-state index contributed by atoms with van der Waals surface area (Å²) in [7, 11) is -1.68. The Bertz CT molecular complexity index is 701. The van der Waals surface area contributed by atoms with Crippen molar-refractivity contribution in [2.75, 3.05) is 32.5 Å². The Morgan fingerprint density at radius 3 is 2.50 bits per heavy atom. The third-order valence-corrected chi connectivity index (χ3v) is 5.55. The van der Waals surface area contributed by atoms with Gasteiger partial charge in [0.1, 0.15) is 5.75 Å². The van der Waals surface area contributed by atoms with Crippen molar-refractivity contribution < 1.29 is 27.9 Å². The molecule has 0 aromatic heterocycles. The molecule has 132 valence electrons. The van der Waals surface area contributed by atoms with E-state index in [2.05, 4.69) is 0 Å². The molecule has 0 atom stereocenters. The first-order valence-electron chi connectivity index (χ1n) is 7.43. The summed E-state index contributed by atoms with van der Waals surface area (Å²) < 4.78 is 29.7. The van der Waals surface area contributed by atoms with E-state index in [0.29, 0.717) is 25.3 Å². The first kappa shape index (κ1) is 18.2. The number of amides is 1. The third kappa shape index (κ3) is 4.93. The second kappa shape index (κ2) is 7.63. The molecule has 0 saturated carbocycles. The van der Waals surface area contributed by atoms with Gasteiger partial charge in [0.05, 0.1) is 12.3 Å². The van der Waals surface area contributed by atoms with Crippen molar-refractivity contribution in [3.63, 3.8) is 0 Å². The summed E-state index contributed by atoms with van der Waals surface area (Å²) in [6, 6.07) is 6.71. The lowest BCUT2D eigenvalue weighted by atomic mass is 10.2. The SMILES string of the molecule is CN(Cc1ccc(OCC(=O)O)cc1)C(=O)CN1CCCS1(=O)=O. The number of carboxylic acid groups (broad SMARTS) is 1. The van der Waals surface area contributed by atoms with Gasteiger partial charge in [-0.3, -0.25) is 4.79 Å². The zero-order valence-corrected chi connectivity index (χ0v) is 14.2. The molecule has 8 nitrogen and oxygen atoms in total. The molecule has 0 bridgehead atoms. The molecule has 1 aliphatic heterocycles. The molecule has 2 rings (SSSR count). The minimum Gasteiger partial charge on any atom is -0.482 e. The molecule has 1 aromatic rings. The standard InChI is InChI=1S/C15H20N2O6S/c1-16(14(18)10-17-7-2-8-24(17,21)22)9-12-3-5-13(6-4-12)23-11-15(19)20/h3-6H,2,7-11H2,1H3,(H,19,20). The number of likely N-dealkylation sites (N-methyl/N-ethyl adjacent to an activating group) is 1. The highest BCUT2D eigenvalue weighted by Gasteiger charge is 2.30. The lowest BCUT2D eigenvalue weighted by Crippen LogP contribution is -2.38. The maximum atomic E-state index is 12.2. The van der Waals surface area contributed by atoms with Gasteiger partial charge < -0.3 is 14.7 Å². The van der Waals surface area contributed by atoms with Crippen molar-refractivity contribution in [1.29, 1.82) is 0 Å². The number of sulfonamides is 1. The molecule has 1 aliphatic rings. The summed E-state index contributed by atoms with van der Waals surface area (Å²) in [5, 5.41) is 8.55. The highest BCUT2D eigenvalue weighted by Crippen LogP contribution is 2.15. The lowest BCUT2D eigenvalue weighted by molar-refractivity contribution is -0.139. The molecule has 1 saturated heterocycles. The van der Waals surface area contributed by atoms with Crippen LogP contribution in [-0.4, -0.2) is 67.1 Å². The maximum Gasteiger partial charge on any atom is 0.341 e. The summed E-state index contributed by atoms with van der Waals surface area (Å²) in [4.78, 5) is 24.1. The minimum absolute atomic E-state index is 0.0990. The maximum absolute atomic E-state index is 12.2. The van der Waals surface area contributed by atoms with Gasteiger partial charge in [0.15, 0.2) is 6.61 Å². The monoisotopic (exact) mass is 356 g/mol. The summed E-state index contributed by atoms with van der Waals surface area (Å²) in [6.45, 7) is 0.157. The first-order chi connectivity index (χ1) is 11.3. The van der Waals surface area contributed by atoms with Crippen molar-refractivity contribution in [3.05, 3.63) is 29.8 Å². The number of carbonyl (C=O) groups excluding carboxylic acids is 1. The molecule has 1 heterocycles. The largest absolute Gasteiger partial charge is 0.482 e. The third-order valence-electron chi connectivity index (χ3n) is 3.65. The molecular formula is C15H20N2O6S. The summed E-state index contributed by atoms with van der Waals surface area (Å²) in [5.74, 6) is -0.798. The van der Waals surface area contributed by atoms with Crippen LogP contribution in [0, 0.1) is 0 Å². The van der Waals surface area contributed by atoms with Gasteiger partial charge in [0, 0.05) is 20.1 Å². The van der Waals surface area contributed by atoms with E-state index in [1.807, 2.05) is 0 Å². The van der Waals surface area contributed by atoms with Crippen LogP contribution in [0.2, 0.25) is 0 Å². The predicted octanol–water partition coefficient (Wildman–Crippen LogP) is 0.144. The number of benzene rings is 1. The summed E-state index contributed by atoms with van der Waals surface area (Å²) in [5.41, 5.74) is 0.831. The number of aliphatic carboxylic acids is 1. The van der Waals surface area contributed by atoms with Crippen LogP contribution in [0.15, 0.2) is 24.3 Å². The van der Waals surface area contributed by atoms with Crippen LogP contribution in [0.5, 0.6) is 5.75 Å². The summed E-state index contributed by atoms with van der Waals surface area (Å²) in [6.07, 6.45) is 0.553. The van der Waals surface area contributed by atoms with Gasteiger partial charge in [-0.15, -0.1) is 0 Å². The molecule has 0 spiro atoms. The Morgan fingerprint density at radius 1 is 1.29 bits per heavy atom. The normalized spacial score (nSPS) is 16.7. The van der Waals surface area contributed by atoms with Crippen LogP contribution in [0.1, 0.15) is 12.0 Å². The van der Waals surface area contributed by atoms with Crippen LogP contribution in [-0.2, 0) is 26.2 Å². The van der Waals surface area contributed by atoms with Crippen LogP contribution in [0.3, 0.4) is 0 Å².